The van der Waals surface area contributed by atoms with Crippen molar-refractivity contribution in [3.63, 3.8) is 0 Å². The zero-order valence-corrected chi connectivity index (χ0v) is 18.9. The van der Waals surface area contributed by atoms with Crippen LogP contribution in [0.15, 0.2) is 41.1 Å². The van der Waals surface area contributed by atoms with Gasteiger partial charge >= 0.3 is 0 Å². The van der Waals surface area contributed by atoms with Crippen molar-refractivity contribution in [2.45, 2.75) is 19.3 Å². The molecule has 1 aliphatic rings. The monoisotopic (exact) mass is 481 g/mol. The number of hydrogen-bond acceptors (Lipinski definition) is 6. The van der Waals surface area contributed by atoms with Crippen LogP contribution in [0.25, 0.3) is 11.1 Å². The van der Waals surface area contributed by atoms with Crippen LogP contribution in [-0.2, 0) is 4.79 Å². The first-order chi connectivity index (χ1) is 14.8. The number of carbonyl (C=O) groups is 2. The Morgan fingerprint density at radius 1 is 1.10 bits per heavy atom. The minimum atomic E-state index is -0.643. The molecule has 0 atom stereocenters. The molecule has 0 amide bonds. The molecule has 0 spiro atoms. The van der Waals surface area contributed by atoms with E-state index in [1.165, 1.54) is 32.5 Å². The van der Waals surface area contributed by atoms with Gasteiger partial charge in [-0.3, -0.25) is 9.59 Å². The van der Waals surface area contributed by atoms with E-state index in [1.807, 2.05) is 6.08 Å². The van der Waals surface area contributed by atoms with Crippen molar-refractivity contribution < 1.29 is 24.2 Å². The van der Waals surface area contributed by atoms with Gasteiger partial charge in [-0.25, -0.2) is 4.98 Å². The van der Waals surface area contributed by atoms with Gasteiger partial charge in [0.2, 0.25) is 0 Å². The van der Waals surface area contributed by atoms with Crippen molar-refractivity contribution in [1.82, 2.24) is 4.98 Å². The zero-order valence-electron chi connectivity index (χ0n) is 16.7. The largest absolute Gasteiger partial charge is 0.506 e. The highest BCUT2D eigenvalue weighted by Crippen LogP contribution is 2.47. The van der Waals surface area contributed by atoms with Gasteiger partial charge in [0.25, 0.3) is 0 Å². The maximum atomic E-state index is 13.1. The molecule has 31 heavy (non-hydrogen) atoms. The average molecular weight is 483 g/mol. The molecular formula is C22H18Cl3NO5. The van der Waals surface area contributed by atoms with E-state index in [-0.39, 0.29) is 38.4 Å². The Bertz CT molecular complexity index is 1120. The molecular weight excluding hydrogens is 465 g/mol. The molecule has 1 heterocycles. The SMILES string of the molecule is COc1cc(OC)c(-c2cc(Cl)ncc2Cl)c(O)c1C(=O)CC(=O)C1=C(Cl)CCC=C1. The van der Waals surface area contributed by atoms with Crippen molar-refractivity contribution in [2.75, 3.05) is 14.2 Å². The highest BCUT2D eigenvalue weighted by molar-refractivity contribution is 6.35. The Hall–Kier alpha value is -2.54. The van der Waals surface area contributed by atoms with Crippen LogP contribution < -0.4 is 9.47 Å². The molecule has 0 radical (unpaired) electrons. The van der Waals surface area contributed by atoms with Crippen molar-refractivity contribution in [1.29, 1.82) is 0 Å². The van der Waals surface area contributed by atoms with Gasteiger partial charge in [0, 0.05) is 28.4 Å². The molecule has 0 unspecified atom stereocenters. The van der Waals surface area contributed by atoms with Crippen LogP contribution in [0.5, 0.6) is 17.2 Å². The molecule has 0 bridgehead atoms. The first-order valence-electron chi connectivity index (χ1n) is 9.19. The van der Waals surface area contributed by atoms with E-state index in [4.69, 9.17) is 44.3 Å². The summed E-state index contributed by atoms with van der Waals surface area (Å²) in [7, 11) is 2.73. The lowest BCUT2D eigenvalue weighted by molar-refractivity contribution is -0.114. The van der Waals surface area contributed by atoms with E-state index in [2.05, 4.69) is 4.98 Å². The normalized spacial score (nSPS) is 13.3. The van der Waals surface area contributed by atoms with Gasteiger partial charge in [0.05, 0.1) is 31.2 Å². The molecule has 162 valence electrons. The van der Waals surface area contributed by atoms with Crippen molar-refractivity contribution in [3.8, 4) is 28.4 Å². The molecule has 9 heteroatoms. The van der Waals surface area contributed by atoms with E-state index >= 15 is 0 Å². The van der Waals surface area contributed by atoms with Gasteiger partial charge in [0.15, 0.2) is 11.6 Å². The number of methoxy groups -OCH3 is 2. The molecule has 1 aliphatic carbocycles. The third-order valence-electron chi connectivity index (χ3n) is 4.77. The lowest BCUT2D eigenvalue weighted by Crippen LogP contribution is -2.13. The van der Waals surface area contributed by atoms with Gasteiger partial charge in [-0.1, -0.05) is 47.0 Å². The number of hydrogen-bond donors (Lipinski definition) is 1. The number of carbonyl (C=O) groups excluding carboxylic acids is 2. The molecule has 2 aromatic rings. The van der Waals surface area contributed by atoms with Gasteiger partial charge in [-0.05, 0) is 18.9 Å². The summed E-state index contributed by atoms with van der Waals surface area (Å²) in [4.78, 5) is 29.6. The van der Waals surface area contributed by atoms with Crippen LogP contribution in [0.4, 0.5) is 0 Å². The minimum Gasteiger partial charge on any atom is -0.506 e. The van der Waals surface area contributed by atoms with Gasteiger partial charge in [-0.15, -0.1) is 0 Å². The van der Waals surface area contributed by atoms with Crippen molar-refractivity contribution in [2.24, 2.45) is 0 Å². The maximum Gasteiger partial charge on any atom is 0.178 e. The number of phenols is 1. The Morgan fingerprint density at radius 3 is 2.45 bits per heavy atom. The van der Waals surface area contributed by atoms with E-state index in [9.17, 15) is 14.7 Å². The second-order valence-corrected chi connectivity index (χ2v) is 7.90. The van der Waals surface area contributed by atoms with Crippen LogP contribution in [0, 0.1) is 0 Å². The molecule has 0 saturated carbocycles. The van der Waals surface area contributed by atoms with Crippen molar-refractivity contribution >= 4 is 46.4 Å². The lowest BCUT2D eigenvalue weighted by Gasteiger charge is -2.18. The van der Waals surface area contributed by atoms with Crippen LogP contribution in [0.3, 0.4) is 0 Å². The van der Waals surface area contributed by atoms with Crippen molar-refractivity contribution in [3.05, 3.63) is 56.8 Å². The number of Topliss-reactive ketones (excluding diaryl/α,β-unsaturated/α-hetero) is 2. The summed E-state index contributed by atoms with van der Waals surface area (Å²) in [6.07, 6.45) is 5.51. The highest BCUT2D eigenvalue weighted by atomic mass is 35.5. The number of aromatic hydroxyl groups is 1. The molecule has 0 aliphatic heterocycles. The van der Waals surface area contributed by atoms with Crippen LogP contribution in [-0.4, -0.2) is 35.9 Å². The number of ketones is 2. The van der Waals surface area contributed by atoms with Crippen LogP contribution in [0.2, 0.25) is 10.2 Å². The van der Waals surface area contributed by atoms with Crippen LogP contribution >= 0.6 is 34.8 Å². The predicted octanol–water partition coefficient (Wildman–Crippen LogP) is 5.76. The van der Waals surface area contributed by atoms with E-state index < -0.39 is 23.7 Å². The number of nitrogens with zero attached hydrogens (tertiary/aromatic N) is 1. The Morgan fingerprint density at radius 2 is 1.81 bits per heavy atom. The lowest BCUT2D eigenvalue weighted by atomic mass is 9.93. The first-order valence-corrected chi connectivity index (χ1v) is 10.3. The third-order valence-corrected chi connectivity index (χ3v) is 5.67. The molecule has 0 fully saturated rings. The topological polar surface area (TPSA) is 85.7 Å². The first kappa shape index (κ1) is 23.1. The zero-order chi connectivity index (χ0) is 22.7. The second kappa shape index (κ2) is 9.73. The minimum absolute atomic E-state index is 0.0476. The fourth-order valence-corrected chi connectivity index (χ4v) is 3.92. The fraction of sp³-hybridized carbons (Fsp3) is 0.227. The second-order valence-electron chi connectivity index (χ2n) is 6.65. The highest BCUT2D eigenvalue weighted by Gasteiger charge is 2.28. The number of ether oxygens (including phenoxy) is 2. The number of pyridine rings is 1. The molecule has 1 aromatic carbocycles. The standard InChI is InChI=1S/C22H18Cl3NO5/c1-30-17-9-18(31-2)21(16(28)8-15(27)11-5-3-4-6-13(11)23)22(29)20(17)12-7-19(25)26-10-14(12)24/h3,5,7,9-10,29H,4,6,8H2,1-2H3. The number of benzene rings is 1. The van der Waals surface area contributed by atoms with E-state index in [1.54, 1.807) is 6.08 Å². The molecule has 6 nitrogen and oxygen atoms in total. The summed E-state index contributed by atoms with van der Waals surface area (Å²) in [6, 6.07) is 2.87. The third kappa shape index (κ3) is 4.71. The Labute approximate surface area is 194 Å². The quantitative estimate of drug-likeness (QED) is 0.307. The molecule has 0 saturated heterocycles. The number of aromatic nitrogens is 1. The summed E-state index contributed by atoms with van der Waals surface area (Å²) in [5, 5.41) is 11.8. The van der Waals surface area contributed by atoms with Crippen LogP contribution in [0.1, 0.15) is 29.6 Å². The van der Waals surface area contributed by atoms with E-state index in [0.29, 0.717) is 17.0 Å². The average Bonchev–Trinajstić information content (AvgIpc) is 2.74. The van der Waals surface area contributed by atoms with Gasteiger partial charge in [0.1, 0.15) is 28.0 Å². The number of phenolic OH excluding ortho intramolecular Hbond substituents is 1. The number of rotatable bonds is 7. The summed E-state index contributed by atoms with van der Waals surface area (Å²) in [5.41, 5.74) is 0.549. The van der Waals surface area contributed by atoms with Gasteiger partial charge < -0.3 is 14.6 Å². The fourth-order valence-electron chi connectivity index (χ4n) is 3.29. The van der Waals surface area contributed by atoms with Gasteiger partial charge in [-0.2, -0.15) is 0 Å². The smallest absolute Gasteiger partial charge is 0.178 e. The van der Waals surface area contributed by atoms with E-state index in [0.717, 1.165) is 6.42 Å². The predicted molar refractivity (Wildman–Crippen MR) is 120 cm³/mol. The molecule has 1 aromatic heterocycles. The Balaban J connectivity index is 2.11. The molecule has 3 rings (SSSR count). The summed E-state index contributed by atoms with van der Waals surface area (Å²) in [6.45, 7) is 0. The summed E-state index contributed by atoms with van der Waals surface area (Å²) >= 11 is 18.4. The number of allylic oxidation sites excluding steroid dienone is 4. The number of halogens is 3. The summed E-state index contributed by atoms with van der Waals surface area (Å²) < 4.78 is 10.7. The summed E-state index contributed by atoms with van der Waals surface area (Å²) in [5.74, 6) is -1.29. The molecule has 1 N–H and O–H groups in total. The Kier molecular flexibility index (Phi) is 7.26. The maximum absolute atomic E-state index is 13.1.